The molecule has 0 saturated carbocycles. The number of nitrogens with two attached hydrogens (primary N) is 2. The molecule has 0 fully saturated rings. The molecule has 2 heterocycles. The molecule has 3 aromatic rings. The molecule has 0 unspecified atom stereocenters. The van der Waals surface area contributed by atoms with Crippen molar-refractivity contribution in [2.45, 2.75) is 5.92 Å². The molecule has 0 radical (unpaired) electrons. The molecule has 7 heteroatoms. The van der Waals surface area contributed by atoms with Gasteiger partial charge >= 0.3 is 5.63 Å². The van der Waals surface area contributed by atoms with Crippen LogP contribution in [0.3, 0.4) is 0 Å². The van der Waals surface area contributed by atoms with Crippen molar-refractivity contribution in [1.82, 2.24) is 0 Å². The van der Waals surface area contributed by atoms with E-state index in [0.29, 0.717) is 27.9 Å². The molecule has 0 saturated heterocycles. The van der Waals surface area contributed by atoms with E-state index in [4.69, 9.17) is 32.8 Å². The Morgan fingerprint density at radius 1 is 1.12 bits per heavy atom. The molecule has 1 atom stereocenters. The highest BCUT2D eigenvalue weighted by Crippen LogP contribution is 2.43. The molecule has 1 aromatic heterocycles. The number of halogens is 1. The monoisotopic (exact) mass is 368 g/mol. The first-order chi connectivity index (χ1) is 12.5. The van der Waals surface area contributed by atoms with Gasteiger partial charge < -0.3 is 20.6 Å². The lowest BCUT2D eigenvalue weighted by molar-refractivity contribution is 0.389. The van der Waals surface area contributed by atoms with Gasteiger partial charge in [-0.1, -0.05) is 36.5 Å². The van der Waals surface area contributed by atoms with Crippen LogP contribution in [0.2, 0.25) is 0 Å². The van der Waals surface area contributed by atoms with Gasteiger partial charge in [0.25, 0.3) is 0 Å². The summed E-state index contributed by atoms with van der Waals surface area (Å²) >= 11 is 5.12. The summed E-state index contributed by atoms with van der Waals surface area (Å²) in [5.41, 5.74) is 12.8. The summed E-state index contributed by atoms with van der Waals surface area (Å²) in [5.74, 6) is -0.808. The molecule has 0 bridgehead atoms. The zero-order chi connectivity index (χ0) is 18.4. The third-order valence-corrected chi connectivity index (χ3v) is 4.54. The van der Waals surface area contributed by atoms with E-state index < -0.39 is 17.4 Å². The van der Waals surface area contributed by atoms with Crippen LogP contribution in [0.5, 0.6) is 5.75 Å². The van der Waals surface area contributed by atoms with Crippen molar-refractivity contribution in [1.29, 1.82) is 0 Å². The van der Waals surface area contributed by atoms with Crippen molar-refractivity contribution in [3.05, 3.63) is 87.4 Å². The van der Waals surface area contributed by atoms with Gasteiger partial charge in [-0.3, -0.25) is 0 Å². The Balaban J connectivity index is 2.08. The fourth-order valence-corrected chi connectivity index (χ4v) is 3.42. The average Bonchev–Trinajstić information content (AvgIpc) is 2.61. The SMILES string of the molecule is NC(=S)C1=C(N)Oc2c(c(=O)oc3ccccc23)[C@H]1c1ccc(F)cc1. The number of hydrogen-bond acceptors (Lipinski definition) is 5. The highest BCUT2D eigenvalue weighted by atomic mass is 32.1. The van der Waals surface area contributed by atoms with Crippen molar-refractivity contribution in [3.8, 4) is 5.75 Å². The Morgan fingerprint density at radius 3 is 2.50 bits per heavy atom. The molecular weight excluding hydrogens is 355 g/mol. The maximum atomic E-state index is 13.4. The van der Waals surface area contributed by atoms with Crippen LogP contribution in [0.25, 0.3) is 11.0 Å². The zero-order valence-electron chi connectivity index (χ0n) is 13.4. The van der Waals surface area contributed by atoms with Gasteiger partial charge in [0.05, 0.1) is 22.4 Å². The van der Waals surface area contributed by atoms with Crippen molar-refractivity contribution >= 4 is 28.2 Å². The van der Waals surface area contributed by atoms with Crippen LogP contribution in [0.1, 0.15) is 17.0 Å². The molecule has 130 valence electrons. The lowest BCUT2D eigenvalue weighted by atomic mass is 9.83. The number of thiocarbonyl (C=S) groups is 1. The van der Waals surface area contributed by atoms with Crippen molar-refractivity contribution < 1.29 is 13.5 Å². The molecular formula is C19H13FN2O3S. The summed E-state index contributed by atoms with van der Waals surface area (Å²) in [7, 11) is 0. The van der Waals surface area contributed by atoms with Gasteiger partial charge in [-0.15, -0.1) is 0 Å². The summed E-state index contributed by atoms with van der Waals surface area (Å²) in [6.45, 7) is 0. The van der Waals surface area contributed by atoms with Crippen LogP contribution in [0.15, 0.2) is 69.2 Å². The van der Waals surface area contributed by atoms with E-state index in [2.05, 4.69) is 0 Å². The van der Waals surface area contributed by atoms with Crippen LogP contribution in [0.4, 0.5) is 4.39 Å². The Morgan fingerprint density at radius 2 is 1.81 bits per heavy atom. The molecule has 2 aromatic carbocycles. The maximum absolute atomic E-state index is 13.4. The molecule has 26 heavy (non-hydrogen) atoms. The van der Waals surface area contributed by atoms with Crippen molar-refractivity contribution in [3.63, 3.8) is 0 Å². The van der Waals surface area contributed by atoms with Gasteiger partial charge in [-0.05, 0) is 29.8 Å². The van der Waals surface area contributed by atoms with Gasteiger partial charge in [0.15, 0.2) is 11.6 Å². The lowest BCUT2D eigenvalue weighted by Crippen LogP contribution is -2.32. The Kier molecular flexibility index (Phi) is 3.73. The van der Waals surface area contributed by atoms with Crippen LogP contribution in [0, 0.1) is 5.82 Å². The standard InChI is InChI=1S/C19H13FN2O3S/c20-10-7-5-9(6-8-10)13-14-16(25-17(21)15(13)18(22)26)11-3-1-2-4-12(11)24-19(14)23/h1-8,13H,21H2,(H2,22,26)/t13-/m1/s1. The topological polar surface area (TPSA) is 91.5 Å². The number of rotatable bonds is 2. The number of para-hydroxylation sites is 1. The molecule has 0 amide bonds. The maximum Gasteiger partial charge on any atom is 0.344 e. The predicted molar refractivity (Wildman–Crippen MR) is 99.4 cm³/mol. The molecule has 1 aliphatic heterocycles. The molecule has 0 spiro atoms. The summed E-state index contributed by atoms with van der Waals surface area (Å²) in [4.78, 5) is 12.7. The first kappa shape index (κ1) is 16.3. The smallest absolute Gasteiger partial charge is 0.344 e. The van der Waals surface area contributed by atoms with E-state index in [-0.39, 0.29) is 16.4 Å². The van der Waals surface area contributed by atoms with E-state index in [0.717, 1.165) is 0 Å². The minimum Gasteiger partial charge on any atom is -0.440 e. The lowest BCUT2D eigenvalue weighted by Gasteiger charge is -2.28. The Bertz CT molecular complexity index is 1140. The van der Waals surface area contributed by atoms with Crippen LogP contribution in [-0.2, 0) is 0 Å². The molecule has 1 aliphatic rings. The largest absolute Gasteiger partial charge is 0.440 e. The number of ether oxygens (including phenoxy) is 1. The zero-order valence-corrected chi connectivity index (χ0v) is 14.2. The van der Waals surface area contributed by atoms with Crippen molar-refractivity contribution in [2.75, 3.05) is 0 Å². The number of fused-ring (bicyclic) bond motifs is 3. The summed E-state index contributed by atoms with van der Waals surface area (Å²) in [6.07, 6.45) is 0. The second-order valence-electron chi connectivity index (χ2n) is 5.86. The van der Waals surface area contributed by atoms with Gasteiger partial charge in [-0.25, -0.2) is 9.18 Å². The first-order valence-electron chi connectivity index (χ1n) is 7.76. The van der Waals surface area contributed by atoms with Gasteiger partial charge in [-0.2, -0.15) is 0 Å². The van der Waals surface area contributed by atoms with Crippen molar-refractivity contribution in [2.24, 2.45) is 11.5 Å². The van der Waals surface area contributed by atoms with E-state index >= 15 is 0 Å². The summed E-state index contributed by atoms with van der Waals surface area (Å²) < 4.78 is 24.6. The molecule has 5 nitrogen and oxygen atoms in total. The first-order valence-corrected chi connectivity index (χ1v) is 8.16. The summed E-state index contributed by atoms with van der Waals surface area (Å²) in [6, 6.07) is 12.7. The molecule has 0 aliphatic carbocycles. The van der Waals surface area contributed by atoms with E-state index in [1.807, 2.05) is 0 Å². The second kappa shape index (κ2) is 5.96. The molecule has 4 N–H and O–H groups in total. The van der Waals surface area contributed by atoms with Gasteiger partial charge in [0.2, 0.25) is 0 Å². The number of benzene rings is 2. The van der Waals surface area contributed by atoms with E-state index in [1.54, 1.807) is 36.4 Å². The normalized spacial score (nSPS) is 16.3. The quantitative estimate of drug-likeness (QED) is 0.534. The van der Waals surface area contributed by atoms with E-state index in [9.17, 15) is 9.18 Å². The Hall–Kier alpha value is -3.19. The van der Waals surface area contributed by atoms with Crippen LogP contribution >= 0.6 is 12.2 Å². The molecule has 4 rings (SSSR count). The predicted octanol–water partition coefficient (Wildman–Crippen LogP) is 2.91. The fourth-order valence-electron chi connectivity index (χ4n) is 3.20. The third-order valence-electron chi connectivity index (χ3n) is 4.32. The third kappa shape index (κ3) is 2.44. The van der Waals surface area contributed by atoms with E-state index in [1.165, 1.54) is 12.1 Å². The van der Waals surface area contributed by atoms with Gasteiger partial charge in [0, 0.05) is 0 Å². The highest BCUT2D eigenvalue weighted by Gasteiger charge is 2.36. The van der Waals surface area contributed by atoms with Gasteiger partial charge in [0.1, 0.15) is 16.4 Å². The minimum atomic E-state index is -0.710. The average molecular weight is 368 g/mol. The van der Waals surface area contributed by atoms with Crippen LogP contribution < -0.4 is 21.8 Å². The van der Waals surface area contributed by atoms with Crippen LogP contribution in [-0.4, -0.2) is 4.99 Å². The summed E-state index contributed by atoms with van der Waals surface area (Å²) in [5, 5.41) is 0.596. The highest BCUT2D eigenvalue weighted by molar-refractivity contribution is 7.80. The number of hydrogen-bond donors (Lipinski definition) is 2. The minimum absolute atomic E-state index is 0.00460. The second-order valence-corrected chi connectivity index (χ2v) is 6.30. The Labute approximate surface area is 152 Å². The fraction of sp³-hybridized carbons (Fsp3) is 0.0526.